The number of carbonyl (C=O) groups is 1. The monoisotopic (exact) mass is 393 g/mol. The molecule has 1 heterocycles. The second-order valence-electron chi connectivity index (χ2n) is 6.43. The molecule has 3 rings (SSSR count). The Morgan fingerprint density at radius 3 is 1.97 bits per heavy atom. The summed E-state index contributed by atoms with van der Waals surface area (Å²) in [6.07, 6.45) is 0. The van der Waals surface area contributed by atoms with Crippen LogP contribution in [-0.2, 0) is 0 Å². The number of ether oxygens (including phenoxy) is 2. The fraction of sp³-hybridized carbons (Fsp3) is 0.190. The number of nitrogens with zero attached hydrogens (tertiary/aromatic N) is 3. The first-order chi connectivity index (χ1) is 14.0. The molecule has 0 aliphatic heterocycles. The number of amides is 1. The number of benzene rings is 2. The van der Waals surface area contributed by atoms with Crippen LogP contribution in [0, 0.1) is 0 Å². The fourth-order valence-electron chi connectivity index (χ4n) is 2.58. The van der Waals surface area contributed by atoms with E-state index in [4.69, 9.17) is 9.47 Å². The Balaban J connectivity index is 1.66. The second-order valence-corrected chi connectivity index (χ2v) is 6.43. The van der Waals surface area contributed by atoms with Crippen molar-refractivity contribution >= 4 is 28.9 Å². The van der Waals surface area contributed by atoms with Crippen LogP contribution in [0.25, 0.3) is 0 Å². The summed E-state index contributed by atoms with van der Waals surface area (Å²) < 4.78 is 10.4. The minimum Gasteiger partial charge on any atom is -0.497 e. The van der Waals surface area contributed by atoms with E-state index in [0.29, 0.717) is 28.7 Å². The highest BCUT2D eigenvalue weighted by molar-refractivity contribution is 6.04. The van der Waals surface area contributed by atoms with Crippen LogP contribution in [0.5, 0.6) is 11.5 Å². The van der Waals surface area contributed by atoms with Gasteiger partial charge in [-0.25, -0.2) is 0 Å². The van der Waals surface area contributed by atoms with Crippen molar-refractivity contribution in [3.63, 3.8) is 0 Å². The summed E-state index contributed by atoms with van der Waals surface area (Å²) in [7, 11) is 7.04. The highest BCUT2D eigenvalue weighted by Crippen LogP contribution is 2.23. The van der Waals surface area contributed by atoms with Crippen LogP contribution in [0.1, 0.15) is 10.4 Å². The third kappa shape index (κ3) is 5.13. The Labute approximate surface area is 169 Å². The van der Waals surface area contributed by atoms with E-state index in [1.807, 2.05) is 43.3 Å². The minimum atomic E-state index is -0.337. The molecule has 0 aliphatic carbocycles. The van der Waals surface area contributed by atoms with Gasteiger partial charge in [0.15, 0.2) is 11.6 Å². The molecule has 0 bridgehead atoms. The third-order valence-corrected chi connectivity index (χ3v) is 4.18. The van der Waals surface area contributed by atoms with Gasteiger partial charge in [0.1, 0.15) is 11.5 Å². The lowest BCUT2D eigenvalue weighted by molar-refractivity contribution is 0.102. The first-order valence-corrected chi connectivity index (χ1v) is 8.91. The second kappa shape index (κ2) is 8.92. The quantitative estimate of drug-likeness (QED) is 0.634. The standard InChI is InChI=1S/C21H23N5O3/c1-26(2)16-7-5-15(6-8-16)22-19-9-10-20(25-24-19)23-21(27)14-11-17(28-3)13-18(12-14)29-4/h5-13H,1-4H3,(H,22,24)(H,23,25,27). The number of anilines is 4. The Hall–Kier alpha value is -3.81. The molecule has 0 saturated carbocycles. The lowest BCUT2D eigenvalue weighted by atomic mass is 10.2. The Kier molecular flexibility index (Phi) is 6.13. The largest absolute Gasteiger partial charge is 0.497 e. The Morgan fingerprint density at radius 2 is 1.45 bits per heavy atom. The van der Waals surface area contributed by atoms with Crippen molar-refractivity contribution in [2.75, 3.05) is 43.8 Å². The molecule has 3 aromatic rings. The van der Waals surface area contributed by atoms with Gasteiger partial charge < -0.3 is 25.0 Å². The lowest BCUT2D eigenvalue weighted by Crippen LogP contribution is -2.14. The van der Waals surface area contributed by atoms with E-state index in [1.54, 1.807) is 30.3 Å². The Morgan fingerprint density at radius 1 is 0.862 bits per heavy atom. The summed E-state index contributed by atoms with van der Waals surface area (Å²) in [4.78, 5) is 14.5. The molecule has 1 aromatic heterocycles. The van der Waals surface area contributed by atoms with Crippen LogP contribution in [0.4, 0.5) is 23.0 Å². The van der Waals surface area contributed by atoms with Gasteiger partial charge in [0, 0.05) is 37.1 Å². The number of rotatable bonds is 7. The zero-order valence-electron chi connectivity index (χ0n) is 16.8. The van der Waals surface area contributed by atoms with E-state index < -0.39 is 0 Å². The lowest BCUT2D eigenvalue weighted by Gasteiger charge is -2.13. The molecule has 1 amide bonds. The van der Waals surface area contributed by atoms with Crippen LogP contribution in [0.2, 0.25) is 0 Å². The van der Waals surface area contributed by atoms with E-state index in [-0.39, 0.29) is 5.91 Å². The molecule has 0 fully saturated rings. The summed E-state index contributed by atoms with van der Waals surface area (Å²) in [5.74, 6) is 1.63. The maximum absolute atomic E-state index is 12.5. The molecular formula is C21H23N5O3. The molecule has 8 nitrogen and oxygen atoms in total. The summed E-state index contributed by atoms with van der Waals surface area (Å²) >= 11 is 0. The van der Waals surface area contributed by atoms with E-state index in [2.05, 4.69) is 20.8 Å². The molecule has 0 spiro atoms. The van der Waals surface area contributed by atoms with E-state index in [0.717, 1.165) is 11.4 Å². The van der Waals surface area contributed by atoms with Crippen LogP contribution in [0.3, 0.4) is 0 Å². The SMILES string of the molecule is COc1cc(OC)cc(C(=O)Nc2ccc(Nc3ccc(N(C)C)cc3)nn2)c1. The molecular weight excluding hydrogens is 370 g/mol. The molecule has 0 saturated heterocycles. The highest BCUT2D eigenvalue weighted by Gasteiger charge is 2.11. The van der Waals surface area contributed by atoms with E-state index >= 15 is 0 Å². The van der Waals surface area contributed by atoms with Crippen molar-refractivity contribution in [3.8, 4) is 11.5 Å². The number of hydrogen-bond donors (Lipinski definition) is 2. The normalized spacial score (nSPS) is 10.2. The molecule has 150 valence electrons. The van der Waals surface area contributed by atoms with E-state index in [9.17, 15) is 4.79 Å². The van der Waals surface area contributed by atoms with Crippen molar-refractivity contribution in [2.24, 2.45) is 0 Å². The molecule has 0 atom stereocenters. The molecule has 0 unspecified atom stereocenters. The summed E-state index contributed by atoms with van der Waals surface area (Å²) in [5, 5.41) is 14.1. The van der Waals surface area contributed by atoms with Gasteiger partial charge in [-0.1, -0.05) is 0 Å². The van der Waals surface area contributed by atoms with Crippen molar-refractivity contribution < 1.29 is 14.3 Å². The first kappa shape index (κ1) is 19.9. The predicted molar refractivity (Wildman–Crippen MR) is 114 cm³/mol. The van der Waals surface area contributed by atoms with Crippen LogP contribution < -0.4 is 25.0 Å². The van der Waals surface area contributed by atoms with Gasteiger partial charge >= 0.3 is 0 Å². The third-order valence-electron chi connectivity index (χ3n) is 4.18. The van der Waals surface area contributed by atoms with Crippen molar-refractivity contribution in [2.45, 2.75) is 0 Å². The zero-order chi connectivity index (χ0) is 20.8. The summed E-state index contributed by atoms with van der Waals surface area (Å²) in [6, 6.07) is 16.3. The van der Waals surface area contributed by atoms with E-state index in [1.165, 1.54) is 14.2 Å². The molecule has 0 aliphatic rings. The summed E-state index contributed by atoms with van der Waals surface area (Å²) in [5.41, 5.74) is 2.39. The van der Waals surface area contributed by atoms with Gasteiger partial charge in [-0.15, -0.1) is 10.2 Å². The molecule has 2 aromatic carbocycles. The molecule has 8 heteroatoms. The molecule has 2 N–H and O–H groups in total. The van der Waals surface area contributed by atoms with Crippen LogP contribution in [-0.4, -0.2) is 44.4 Å². The van der Waals surface area contributed by atoms with Gasteiger partial charge in [-0.2, -0.15) is 0 Å². The first-order valence-electron chi connectivity index (χ1n) is 8.91. The number of nitrogens with one attached hydrogen (secondary N) is 2. The highest BCUT2D eigenvalue weighted by atomic mass is 16.5. The summed E-state index contributed by atoms with van der Waals surface area (Å²) in [6.45, 7) is 0. The average Bonchev–Trinajstić information content (AvgIpc) is 2.75. The topological polar surface area (TPSA) is 88.6 Å². The van der Waals surface area contributed by atoms with Gasteiger partial charge in [-0.3, -0.25) is 4.79 Å². The van der Waals surface area contributed by atoms with Crippen molar-refractivity contribution in [1.82, 2.24) is 10.2 Å². The van der Waals surface area contributed by atoms with Gasteiger partial charge in [-0.05, 0) is 48.5 Å². The maximum atomic E-state index is 12.5. The number of carbonyl (C=O) groups excluding carboxylic acids is 1. The fourth-order valence-corrected chi connectivity index (χ4v) is 2.58. The number of hydrogen-bond acceptors (Lipinski definition) is 7. The molecule has 0 radical (unpaired) electrons. The van der Waals surface area contributed by atoms with Gasteiger partial charge in [0.2, 0.25) is 0 Å². The van der Waals surface area contributed by atoms with Crippen molar-refractivity contribution in [1.29, 1.82) is 0 Å². The minimum absolute atomic E-state index is 0.337. The zero-order valence-corrected chi connectivity index (χ0v) is 16.8. The average molecular weight is 393 g/mol. The van der Waals surface area contributed by atoms with Crippen LogP contribution >= 0.6 is 0 Å². The van der Waals surface area contributed by atoms with Crippen molar-refractivity contribution in [3.05, 3.63) is 60.2 Å². The predicted octanol–water partition coefficient (Wildman–Crippen LogP) is 3.56. The smallest absolute Gasteiger partial charge is 0.257 e. The van der Waals surface area contributed by atoms with Gasteiger partial charge in [0.25, 0.3) is 5.91 Å². The van der Waals surface area contributed by atoms with Crippen LogP contribution in [0.15, 0.2) is 54.6 Å². The maximum Gasteiger partial charge on any atom is 0.257 e. The molecule has 29 heavy (non-hydrogen) atoms. The number of methoxy groups -OCH3 is 2. The number of aromatic nitrogens is 2. The van der Waals surface area contributed by atoms with Gasteiger partial charge in [0.05, 0.1) is 14.2 Å². The Bertz CT molecular complexity index is 950.